The number of thiophene rings is 1. The van der Waals surface area contributed by atoms with Crippen molar-refractivity contribution in [1.82, 2.24) is 20.0 Å². The van der Waals surface area contributed by atoms with E-state index in [1.54, 1.807) is 0 Å². The lowest BCUT2D eigenvalue weighted by Crippen LogP contribution is -2.58. The fourth-order valence-corrected chi connectivity index (χ4v) is 6.33. The van der Waals surface area contributed by atoms with Gasteiger partial charge in [0.1, 0.15) is 5.54 Å². The predicted molar refractivity (Wildman–Crippen MR) is 132 cm³/mol. The lowest BCUT2D eigenvalue weighted by atomic mass is 9.74. The lowest BCUT2D eigenvalue weighted by Gasteiger charge is -2.41. The van der Waals surface area contributed by atoms with E-state index < -0.39 is 5.54 Å². The highest BCUT2D eigenvalue weighted by Crippen LogP contribution is 2.37. The van der Waals surface area contributed by atoms with E-state index >= 15 is 0 Å². The number of likely N-dealkylation sites (tertiary alicyclic amines) is 2. The number of amides is 4. The second kappa shape index (κ2) is 9.88. The van der Waals surface area contributed by atoms with Crippen LogP contribution in [0.5, 0.6) is 0 Å². The summed E-state index contributed by atoms with van der Waals surface area (Å²) in [4.78, 5) is 45.4. The highest BCUT2D eigenvalue weighted by atomic mass is 32.1. The Kier molecular flexibility index (Phi) is 6.70. The van der Waals surface area contributed by atoms with E-state index in [9.17, 15) is 14.4 Å². The number of carbonyl (C=O) groups excluding carboxylic acids is 3. The van der Waals surface area contributed by atoms with Crippen molar-refractivity contribution in [3.63, 3.8) is 0 Å². The molecule has 180 valence electrons. The maximum absolute atomic E-state index is 13.9. The molecular weight excluding hydrogens is 448 g/mol. The highest BCUT2D eigenvalue weighted by Gasteiger charge is 2.56. The maximum atomic E-state index is 13.9. The molecular formula is C26H32N4O3S. The fourth-order valence-electron chi connectivity index (χ4n) is 5.70. The highest BCUT2D eigenvalue weighted by molar-refractivity contribution is 7.08. The summed E-state index contributed by atoms with van der Waals surface area (Å²) in [5.41, 5.74) is 0.802. The van der Waals surface area contributed by atoms with E-state index in [0.29, 0.717) is 38.9 Å². The van der Waals surface area contributed by atoms with Gasteiger partial charge in [0.05, 0.1) is 5.56 Å². The van der Waals surface area contributed by atoms with Gasteiger partial charge in [0.25, 0.3) is 11.8 Å². The Morgan fingerprint density at radius 1 is 1.00 bits per heavy atom. The Morgan fingerprint density at radius 2 is 1.74 bits per heavy atom. The zero-order valence-electron chi connectivity index (χ0n) is 19.4. The molecule has 1 atom stereocenters. The minimum absolute atomic E-state index is 0.0209. The van der Waals surface area contributed by atoms with Crippen molar-refractivity contribution in [2.24, 2.45) is 5.92 Å². The van der Waals surface area contributed by atoms with Crippen LogP contribution in [0.4, 0.5) is 4.79 Å². The summed E-state index contributed by atoms with van der Waals surface area (Å²) in [5.74, 6) is -0.0820. The van der Waals surface area contributed by atoms with Crippen molar-refractivity contribution in [3.8, 4) is 0 Å². The summed E-state index contributed by atoms with van der Waals surface area (Å²) >= 11 is 1.52. The molecule has 3 aliphatic heterocycles. The molecule has 3 fully saturated rings. The Morgan fingerprint density at radius 3 is 2.41 bits per heavy atom. The molecule has 3 saturated heterocycles. The zero-order valence-corrected chi connectivity index (χ0v) is 20.3. The van der Waals surface area contributed by atoms with Crippen molar-refractivity contribution >= 4 is 29.2 Å². The molecule has 0 unspecified atom stereocenters. The minimum Gasteiger partial charge on any atom is -0.339 e. The second-order valence-electron chi connectivity index (χ2n) is 9.65. The topological polar surface area (TPSA) is 73.0 Å². The predicted octanol–water partition coefficient (Wildman–Crippen LogP) is 3.23. The third-order valence-electron chi connectivity index (χ3n) is 7.61. The molecule has 1 N–H and O–H groups in total. The molecule has 1 aromatic heterocycles. The van der Waals surface area contributed by atoms with E-state index in [1.807, 2.05) is 52.1 Å². The molecule has 0 bridgehead atoms. The number of piperidine rings is 1. The molecule has 3 aliphatic rings. The van der Waals surface area contributed by atoms with Crippen LogP contribution >= 0.6 is 11.3 Å². The Hall–Kier alpha value is -2.71. The number of nitrogens with zero attached hydrogens (tertiary/aromatic N) is 3. The van der Waals surface area contributed by atoms with Gasteiger partial charge in [0.15, 0.2) is 0 Å². The molecule has 8 heteroatoms. The molecule has 5 rings (SSSR count). The summed E-state index contributed by atoms with van der Waals surface area (Å²) in [6, 6.07) is 11.5. The maximum Gasteiger partial charge on any atom is 0.325 e. The van der Waals surface area contributed by atoms with Gasteiger partial charge in [-0.3, -0.25) is 14.5 Å². The van der Waals surface area contributed by atoms with Crippen LogP contribution in [0.3, 0.4) is 0 Å². The van der Waals surface area contributed by atoms with E-state index in [0.717, 1.165) is 30.8 Å². The zero-order chi connectivity index (χ0) is 23.5. The van der Waals surface area contributed by atoms with Crippen molar-refractivity contribution in [2.75, 3.05) is 39.3 Å². The van der Waals surface area contributed by atoms with Gasteiger partial charge in [-0.15, -0.1) is 0 Å². The van der Waals surface area contributed by atoms with Crippen LogP contribution in [0.25, 0.3) is 0 Å². The van der Waals surface area contributed by atoms with Gasteiger partial charge in [-0.2, -0.15) is 11.3 Å². The summed E-state index contributed by atoms with van der Waals surface area (Å²) in [5, 5.41) is 6.94. The van der Waals surface area contributed by atoms with Crippen LogP contribution in [-0.2, 0) is 11.2 Å². The standard InChI is InChI=1S/C26H32N4O3S/c31-23(21-10-17-34-19-21)29-13-8-22(9-14-29)26(18-20-6-2-1-3-7-20)24(32)30(25(33)27-26)16-15-28-11-4-5-12-28/h1-3,6-7,10,17,19,22H,4-5,8-9,11-16,18H2,(H,27,33)/t26-/m1/s1. The van der Waals surface area contributed by atoms with E-state index in [4.69, 9.17) is 0 Å². The molecule has 4 heterocycles. The number of hydrogen-bond acceptors (Lipinski definition) is 5. The van der Waals surface area contributed by atoms with E-state index in [1.165, 1.54) is 29.1 Å². The molecule has 1 aromatic carbocycles. The quantitative estimate of drug-likeness (QED) is 0.618. The van der Waals surface area contributed by atoms with Crippen molar-refractivity contribution in [1.29, 1.82) is 0 Å². The summed E-state index contributed by atoms with van der Waals surface area (Å²) in [6.45, 7) is 4.41. The molecule has 0 spiro atoms. The molecule has 0 aliphatic carbocycles. The van der Waals surface area contributed by atoms with E-state index in [-0.39, 0.29) is 23.8 Å². The first-order chi connectivity index (χ1) is 16.6. The van der Waals surface area contributed by atoms with Gasteiger partial charge in [-0.25, -0.2) is 4.79 Å². The first-order valence-corrected chi connectivity index (χ1v) is 13.2. The lowest BCUT2D eigenvalue weighted by molar-refractivity contribution is -0.134. The summed E-state index contributed by atoms with van der Waals surface area (Å²) < 4.78 is 0. The third-order valence-corrected chi connectivity index (χ3v) is 8.30. The summed E-state index contributed by atoms with van der Waals surface area (Å²) in [7, 11) is 0. The first-order valence-electron chi connectivity index (χ1n) is 12.3. The SMILES string of the molecule is O=C(c1ccsc1)N1CCC([C@@]2(Cc3ccccc3)NC(=O)N(CCN3CCCC3)C2=O)CC1. The number of rotatable bonds is 7. The van der Waals surface area contributed by atoms with Gasteiger partial charge in [0.2, 0.25) is 0 Å². The van der Waals surface area contributed by atoms with Gasteiger partial charge in [-0.05, 0) is 61.7 Å². The van der Waals surface area contributed by atoms with Crippen molar-refractivity contribution < 1.29 is 14.4 Å². The monoisotopic (exact) mass is 480 g/mol. The average Bonchev–Trinajstić information content (AvgIpc) is 3.62. The number of imide groups is 1. The summed E-state index contributed by atoms with van der Waals surface area (Å²) in [6.07, 6.45) is 4.21. The number of benzene rings is 1. The van der Waals surface area contributed by atoms with Gasteiger partial charge in [0, 0.05) is 38.0 Å². The normalized spacial score (nSPS) is 24.1. The number of nitrogens with one attached hydrogen (secondary N) is 1. The van der Waals surface area contributed by atoms with Gasteiger partial charge in [-0.1, -0.05) is 30.3 Å². The molecule has 7 nitrogen and oxygen atoms in total. The molecule has 4 amide bonds. The Labute approximate surface area is 204 Å². The molecule has 0 radical (unpaired) electrons. The number of urea groups is 1. The van der Waals surface area contributed by atoms with Crippen LogP contribution in [0, 0.1) is 5.92 Å². The second-order valence-corrected chi connectivity index (χ2v) is 10.4. The molecule has 2 aromatic rings. The smallest absolute Gasteiger partial charge is 0.325 e. The van der Waals surface area contributed by atoms with Gasteiger partial charge < -0.3 is 15.1 Å². The van der Waals surface area contributed by atoms with Crippen molar-refractivity contribution in [2.45, 2.75) is 37.6 Å². The minimum atomic E-state index is -0.957. The van der Waals surface area contributed by atoms with Crippen LogP contribution in [0.1, 0.15) is 41.6 Å². The molecule has 34 heavy (non-hydrogen) atoms. The first kappa shape index (κ1) is 23.1. The number of hydrogen-bond donors (Lipinski definition) is 1. The van der Waals surface area contributed by atoms with Crippen LogP contribution in [0.15, 0.2) is 47.2 Å². The number of carbonyl (C=O) groups is 3. The molecule has 0 saturated carbocycles. The third kappa shape index (κ3) is 4.49. The largest absolute Gasteiger partial charge is 0.339 e. The Balaban J connectivity index is 1.34. The average molecular weight is 481 g/mol. The fraction of sp³-hybridized carbons (Fsp3) is 0.500. The van der Waals surface area contributed by atoms with Crippen molar-refractivity contribution in [3.05, 3.63) is 58.3 Å². The van der Waals surface area contributed by atoms with Crippen LogP contribution in [0.2, 0.25) is 0 Å². The van der Waals surface area contributed by atoms with E-state index in [2.05, 4.69) is 10.2 Å². The van der Waals surface area contributed by atoms with Gasteiger partial charge >= 0.3 is 6.03 Å². The van der Waals surface area contributed by atoms with Crippen LogP contribution < -0.4 is 5.32 Å². The van der Waals surface area contributed by atoms with Crippen LogP contribution in [-0.4, -0.2) is 77.4 Å². The Bertz CT molecular complexity index is 1010.